The lowest BCUT2D eigenvalue weighted by Crippen LogP contribution is -2.31. The van der Waals surface area contributed by atoms with Crippen molar-refractivity contribution in [2.75, 3.05) is 5.32 Å². The number of carbonyl (C=O) groups excluding carboxylic acids is 1. The molecule has 1 aliphatic rings. The Morgan fingerprint density at radius 1 is 1.30 bits per heavy atom. The number of amides is 1. The number of hydrogen-bond acceptors (Lipinski definition) is 2. The standard InChI is InChI=1S/C15H11BrClNO2/c16-11-6-5-10(8-12(11)17)18-15(19)14-7-9-3-1-2-4-13(9)20-14/h1-6,8,14H,7H2,(H,18,19). The minimum Gasteiger partial charge on any atom is -0.480 e. The molecular formula is C15H11BrClNO2. The molecule has 0 bridgehead atoms. The molecule has 2 aromatic carbocycles. The van der Waals surface area contributed by atoms with E-state index in [-0.39, 0.29) is 5.91 Å². The third-order valence-corrected chi connectivity index (χ3v) is 4.36. The molecule has 0 aliphatic carbocycles. The molecule has 3 rings (SSSR count). The molecule has 20 heavy (non-hydrogen) atoms. The fourth-order valence-corrected chi connectivity index (χ4v) is 2.55. The molecule has 1 amide bonds. The number of nitrogens with one attached hydrogen (secondary N) is 1. The predicted octanol–water partition coefficient (Wildman–Crippen LogP) is 4.04. The van der Waals surface area contributed by atoms with Gasteiger partial charge in [0.15, 0.2) is 6.10 Å². The van der Waals surface area contributed by atoms with Crippen molar-refractivity contribution in [3.05, 3.63) is 57.5 Å². The first-order chi connectivity index (χ1) is 9.63. The molecule has 1 atom stereocenters. The second-order valence-electron chi connectivity index (χ2n) is 4.54. The van der Waals surface area contributed by atoms with E-state index in [1.807, 2.05) is 24.3 Å². The number of hydrogen-bond donors (Lipinski definition) is 1. The summed E-state index contributed by atoms with van der Waals surface area (Å²) >= 11 is 9.31. The fourth-order valence-electron chi connectivity index (χ4n) is 2.12. The topological polar surface area (TPSA) is 38.3 Å². The predicted molar refractivity (Wildman–Crippen MR) is 82.3 cm³/mol. The summed E-state index contributed by atoms with van der Waals surface area (Å²) in [5.41, 5.74) is 1.71. The van der Waals surface area contributed by atoms with Gasteiger partial charge in [-0.3, -0.25) is 4.79 Å². The van der Waals surface area contributed by atoms with Gasteiger partial charge in [0.2, 0.25) is 0 Å². The van der Waals surface area contributed by atoms with E-state index in [1.165, 1.54) is 0 Å². The zero-order chi connectivity index (χ0) is 14.1. The van der Waals surface area contributed by atoms with E-state index in [1.54, 1.807) is 18.2 Å². The van der Waals surface area contributed by atoms with Gasteiger partial charge in [0.05, 0.1) is 5.02 Å². The minimum atomic E-state index is -0.491. The Morgan fingerprint density at radius 3 is 2.85 bits per heavy atom. The average Bonchev–Trinajstić information content (AvgIpc) is 2.87. The van der Waals surface area contributed by atoms with Crippen LogP contribution < -0.4 is 10.1 Å². The van der Waals surface area contributed by atoms with Crippen LogP contribution in [0.1, 0.15) is 5.56 Å². The fraction of sp³-hybridized carbons (Fsp3) is 0.133. The molecule has 0 spiro atoms. The molecule has 0 saturated carbocycles. The Morgan fingerprint density at radius 2 is 2.10 bits per heavy atom. The monoisotopic (exact) mass is 351 g/mol. The van der Waals surface area contributed by atoms with Crippen LogP contribution in [-0.2, 0) is 11.2 Å². The number of benzene rings is 2. The van der Waals surface area contributed by atoms with Crippen molar-refractivity contribution in [2.24, 2.45) is 0 Å². The average molecular weight is 353 g/mol. The third-order valence-electron chi connectivity index (χ3n) is 3.13. The first-order valence-electron chi connectivity index (χ1n) is 6.14. The molecule has 1 unspecified atom stereocenters. The Hall–Kier alpha value is -1.52. The Labute approximate surface area is 130 Å². The van der Waals surface area contributed by atoms with E-state index in [9.17, 15) is 4.79 Å². The molecule has 5 heteroatoms. The van der Waals surface area contributed by atoms with Crippen molar-refractivity contribution in [1.82, 2.24) is 0 Å². The first-order valence-corrected chi connectivity index (χ1v) is 7.31. The number of ether oxygens (including phenoxy) is 1. The van der Waals surface area contributed by atoms with Crippen LogP contribution in [0.3, 0.4) is 0 Å². The van der Waals surface area contributed by atoms with Crippen LogP contribution in [0.2, 0.25) is 5.02 Å². The maximum absolute atomic E-state index is 12.2. The van der Waals surface area contributed by atoms with Gasteiger partial charge in [-0.25, -0.2) is 0 Å². The van der Waals surface area contributed by atoms with Gasteiger partial charge >= 0.3 is 0 Å². The highest BCUT2D eigenvalue weighted by molar-refractivity contribution is 9.10. The number of carbonyl (C=O) groups is 1. The molecule has 1 N–H and O–H groups in total. The van der Waals surface area contributed by atoms with E-state index < -0.39 is 6.10 Å². The van der Waals surface area contributed by atoms with Gasteiger partial charge in [-0.2, -0.15) is 0 Å². The van der Waals surface area contributed by atoms with Crippen molar-refractivity contribution in [1.29, 1.82) is 0 Å². The van der Waals surface area contributed by atoms with Gasteiger partial charge in [-0.15, -0.1) is 0 Å². The summed E-state index contributed by atoms with van der Waals surface area (Å²) in [5.74, 6) is 0.612. The number of halogens is 2. The zero-order valence-electron chi connectivity index (χ0n) is 10.4. The second kappa shape index (κ2) is 5.46. The van der Waals surface area contributed by atoms with Crippen LogP contribution >= 0.6 is 27.5 Å². The maximum Gasteiger partial charge on any atom is 0.265 e. The van der Waals surface area contributed by atoms with E-state index in [2.05, 4.69) is 21.2 Å². The second-order valence-corrected chi connectivity index (χ2v) is 5.80. The van der Waals surface area contributed by atoms with Crippen LogP contribution in [0, 0.1) is 0 Å². The molecule has 3 nitrogen and oxygen atoms in total. The van der Waals surface area contributed by atoms with Crippen molar-refractivity contribution in [2.45, 2.75) is 12.5 Å². The lowest BCUT2D eigenvalue weighted by atomic mass is 10.1. The molecule has 0 radical (unpaired) electrons. The zero-order valence-corrected chi connectivity index (χ0v) is 12.7. The van der Waals surface area contributed by atoms with Gasteiger partial charge in [0.1, 0.15) is 5.75 Å². The highest BCUT2D eigenvalue weighted by Gasteiger charge is 2.28. The smallest absolute Gasteiger partial charge is 0.265 e. The van der Waals surface area contributed by atoms with Gasteiger partial charge in [0.25, 0.3) is 5.91 Å². The minimum absolute atomic E-state index is 0.167. The van der Waals surface area contributed by atoms with E-state index in [0.717, 1.165) is 15.8 Å². The summed E-state index contributed by atoms with van der Waals surface area (Å²) in [4.78, 5) is 12.2. The lowest BCUT2D eigenvalue weighted by Gasteiger charge is -2.11. The number of anilines is 1. The van der Waals surface area contributed by atoms with Crippen LogP contribution in [-0.4, -0.2) is 12.0 Å². The van der Waals surface area contributed by atoms with Crippen molar-refractivity contribution < 1.29 is 9.53 Å². The SMILES string of the molecule is O=C(Nc1ccc(Br)c(Cl)c1)C1Cc2ccccc2O1. The number of rotatable bonds is 2. The number of fused-ring (bicyclic) bond motifs is 1. The van der Waals surface area contributed by atoms with E-state index in [4.69, 9.17) is 16.3 Å². The van der Waals surface area contributed by atoms with Crippen LogP contribution in [0.15, 0.2) is 46.9 Å². The molecule has 102 valence electrons. The normalized spacial score (nSPS) is 16.4. The molecule has 1 heterocycles. The van der Waals surface area contributed by atoms with Crippen molar-refractivity contribution in [3.8, 4) is 5.75 Å². The summed E-state index contributed by atoms with van der Waals surface area (Å²) in [6, 6.07) is 13.0. The van der Waals surface area contributed by atoms with Gasteiger partial charge in [0, 0.05) is 16.6 Å². The van der Waals surface area contributed by atoms with Gasteiger partial charge in [-0.05, 0) is 45.8 Å². The van der Waals surface area contributed by atoms with Crippen LogP contribution in [0.4, 0.5) is 5.69 Å². The molecule has 1 aliphatic heterocycles. The summed E-state index contributed by atoms with van der Waals surface area (Å²) in [6.45, 7) is 0. The lowest BCUT2D eigenvalue weighted by molar-refractivity contribution is -0.122. The summed E-state index contributed by atoms with van der Waals surface area (Å²) in [5, 5.41) is 3.37. The van der Waals surface area contributed by atoms with Crippen molar-refractivity contribution >= 4 is 39.1 Å². The molecule has 2 aromatic rings. The quantitative estimate of drug-likeness (QED) is 0.885. The Kier molecular flexibility index (Phi) is 3.68. The van der Waals surface area contributed by atoms with Crippen LogP contribution in [0.5, 0.6) is 5.75 Å². The molecule has 0 saturated heterocycles. The third kappa shape index (κ3) is 2.67. The molecule has 0 aromatic heterocycles. The highest BCUT2D eigenvalue weighted by Crippen LogP contribution is 2.29. The summed E-state index contributed by atoms with van der Waals surface area (Å²) < 4.78 is 6.43. The number of para-hydroxylation sites is 1. The first kappa shape index (κ1) is 13.5. The Bertz CT molecular complexity index is 650. The summed E-state index contributed by atoms with van der Waals surface area (Å²) in [7, 11) is 0. The highest BCUT2D eigenvalue weighted by atomic mass is 79.9. The maximum atomic E-state index is 12.2. The van der Waals surface area contributed by atoms with Gasteiger partial charge in [-0.1, -0.05) is 29.8 Å². The largest absolute Gasteiger partial charge is 0.480 e. The summed E-state index contributed by atoms with van der Waals surface area (Å²) in [6.07, 6.45) is 0.0986. The van der Waals surface area contributed by atoms with Crippen molar-refractivity contribution in [3.63, 3.8) is 0 Å². The van der Waals surface area contributed by atoms with E-state index >= 15 is 0 Å². The van der Waals surface area contributed by atoms with Crippen LogP contribution in [0.25, 0.3) is 0 Å². The molecule has 0 fully saturated rings. The Balaban J connectivity index is 1.71. The van der Waals surface area contributed by atoms with E-state index in [0.29, 0.717) is 17.1 Å². The van der Waals surface area contributed by atoms with Gasteiger partial charge < -0.3 is 10.1 Å². The molecular weight excluding hydrogens is 342 g/mol.